The molecule has 5 N–H and O–H groups in total. The van der Waals surface area contributed by atoms with Crippen LogP contribution in [0.3, 0.4) is 0 Å². The molecule has 2 fully saturated rings. The Morgan fingerprint density at radius 2 is 1.75 bits per heavy atom. The van der Waals surface area contributed by atoms with Crippen molar-refractivity contribution < 1.29 is 31.1 Å². The molecule has 3 atom stereocenters. The predicted octanol–water partition coefficient (Wildman–Crippen LogP) is 3.80. The highest BCUT2D eigenvalue weighted by Crippen LogP contribution is 2.39. The van der Waals surface area contributed by atoms with E-state index >= 15 is 4.39 Å². The number of carbonyl (C=O) groups is 1. The van der Waals surface area contributed by atoms with Crippen molar-refractivity contribution >= 4 is 21.4 Å². The summed E-state index contributed by atoms with van der Waals surface area (Å²) in [5.74, 6) is -3.31. The lowest BCUT2D eigenvalue weighted by Crippen LogP contribution is -2.66. The van der Waals surface area contributed by atoms with Crippen LogP contribution in [0.15, 0.2) is 71.6 Å². The Hall–Kier alpha value is -3.29. The largest absolute Gasteiger partial charge is 0.381 e. The predicted molar refractivity (Wildman–Crippen MR) is 161 cm³/mol. The van der Waals surface area contributed by atoms with E-state index in [1.807, 2.05) is 6.92 Å². The molecular formula is C32H37F3N4O4S. The minimum Gasteiger partial charge on any atom is -0.381 e. The molecule has 1 amide bonds. The van der Waals surface area contributed by atoms with Gasteiger partial charge in [0.05, 0.1) is 10.9 Å². The molecule has 44 heavy (non-hydrogen) atoms. The molecule has 2 heterocycles. The quantitative estimate of drug-likeness (QED) is 0.284. The van der Waals surface area contributed by atoms with Crippen molar-refractivity contribution in [3.63, 3.8) is 0 Å². The maximum absolute atomic E-state index is 15.4. The molecule has 0 radical (unpaired) electrons. The van der Waals surface area contributed by atoms with Crippen LogP contribution in [0.2, 0.25) is 0 Å². The molecule has 2 aliphatic heterocycles. The van der Waals surface area contributed by atoms with Crippen LogP contribution in [0.5, 0.6) is 0 Å². The van der Waals surface area contributed by atoms with Crippen molar-refractivity contribution in [3.8, 4) is 0 Å². The third kappa shape index (κ3) is 6.14. The fourth-order valence-electron chi connectivity index (χ4n) is 6.37. The molecule has 0 aliphatic carbocycles. The van der Waals surface area contributed by atoms with Gasteiger partial charge in [-0.05, 0) is 74.6 Å². The van der Waals surface area contributed by atoms with Crippen molar-refractivity contribution in [3.05, 3.63) is 95.3 Å². The van der Waals surface area contributed by atoms with Gasteiger partial charge in [-0.1, -0.05) is 30.3 Å². The monoisotopic (exact) mass is 630 g/mol. The molecule has 0 bridgehead atoms. The van der Waals surface area contributed by atoms with E-state index in [0.717, 1.165) is 12.1 Å². The number of ether oxygens (including phenoxy) is 1. The molecule has 12 heteroatoms. The first-order valence-electron chi connectivity index (χ1n) is 14.6. The van der Waals surface area contributed by atoms with Gasteiger partial charge in [-0.2, -0.15) is 0 Å². The zero-order chi connectivity index (χ0) is 31.5. The van der Waals surface area contributed by atoms with Crippen molar-refractivity contribution in [2.45, 2.75) is 59.9 Å². The van der Waals surface area contributed by atoms with Crippen LogP contribution in [0.25, 0.3) is 0 Å². The number of nitrogens with two attached hydrogens (primary N) is 1. The third-order valence-corrected chi connectivity index (χ3v) is 11.2. The fourth-order valence-corrected chi connectivity index (χ4v) is 8.36. The van der Waals surface area contributed by atoms with Gasteiger partial charge in [-0.15, -0.1) is 0 Å². The lowest BCUT2D eigenvalue weighted by atomic mass is 9.68. The molecule has 0 spiro atoms. The summed E-state index contributed by atoms with van der Waals surface area (Å²) in [5, 5.41) is 9.21. The van der Waals surface area contributed by atoms with Crippen LogP contribution in [-0.2, 0) is 31.2 Å². The molecule has 0 saturated carbocycles. The number of anilines is 1. The van der Waals surface area contributed by atoms with Crippen LogP contribution in [-0.4, -0.2) is 57.6 Å². The molecule has 3 aromatic rings. The molecule has 0 unspecified atom stereocenters. The Bertz CT molecular complexity index is 1600. The lowest BCUT2D eigenvalue weighted by Gasteiger charge is -2.42. The van der Waals surface area contributed by atoms with Gasteiger partial charge >= 0.3 is 0 Å². The Labute approximate surface area is 255 Å². The van der Waals surface area contributed by atoms with E-state index in [9.17, 15) is 22.0 Å². The van der Waals surface area contributed by atoms with E-state index in [-0.39, 0.29) is 54.8 Å². The van der Waals surface area contributed by atoms with Gasteiger partial charge in [0.1, 0.15) is 10.7 Å². The van der Waals surface area contributed by atoms with Crippen molar-refractivity contribution in [1.29, 1.82) is 0 Å². The van der Waals surface area contributed by atoms with Crippen LogP contribution < -0.4 is 21.7 Å². The van der Waals surface area contributed by atoms with Crippen LogP contribution in [0, 0.1) is 17.5 Å². The molecular weight excluding hydrogens is 593 g/mol. The summed E-state index contributed by atoms with van der Waals surface area (Å²) in [4.78, 5) is 12.4. The van der Waals surface area contributed by atoms with Gasteiger partial charge in [0.2, 0.25) is 5.91 Å². The Morgan fingerprint density at radius 1 is 1.02 bits per heavy atom. The maximum atomic E-state index is 15.4. The minimum atomic E-state index is -3.92. The summed E-state index contributed by atoms with van der Waals surface area (Å²) in [6.07, 6.45) is 0.569. The molecule has 2 saturated heterocycles. The second-order valence-corrected chi connectivity index (χ2v) is 13.9. The first-order chi connectivity index (χ1) is 21.0. The summed E-state index contributed by atoms with van der Waals surface area (Å²) >= 11 is 0. The molecule has 3 aromatic carbocycles. The number of rotatable bonds is 9. The van der Waals surface area contributed by atoms with Crippen LogP contribution in [0.4, 0.5) is 18.9 Å². The second-order valence-electron chi connectivity index (χ2n) is 11.6. The van der Waals surface area contributed by atoms with Crippen LogP contribution >= 0.6 is 0 Å². The number of benzene rings is 3. The first-order valence-corrected chi connectivity index (χ1v) is 16.1. The van der Waals surface area contributed by atoms with Gasteiger partial charge < -0.3 is 21.1 Å². The number of amides is 1. The van der Waals surface area contributed by atoms with E-state index in [1.54, 1.807) is 18.2 Å². The molecule has 236 valence electrons. The highest BCUT2D eigenvalue weighted by molar-refractivity contribution is 7.92. The van der Waals surface area contributed by atoms with E-state index in [4.69, 9.17) is 10.5 Å². The minimum absolute atomic E-state index is 0.00750. The normalized spacial score (nSPS) is 22.7. The van der Waals surface area contributed by atoms with Gasteiger partial charge in [0.25, 0.3) is 0 Å². The topological polar surface area (TPSA) is 123 Å². The number of sulfone groups is 1. The highest BCUT2D eigenvalue weighted by atomic mass is 32.2. The number of nitrogens with one attached hydrogen (secondary N) is 3. The third-order valence-electron chi connectivity index (χ3n) is 8.85. The Kier molecular flexibility index (Phi) is 9.47. The van der Waals surface area contributed by atoms with Crippen molar-refractivity contribution in [1.82, 2.24) is 10.6 Å². The smallest absolute Gasteiger partial charge is 0.242 e. The van der Waals surface area contributed by atoms with Crippen molar-refractivity contribution in [2.24, 2.45) is 5.73 Å². The lowest BCUT2D eigenvalue weighted by molar-refractivity contribution is -0.120. The Morgan fingerprint density at radius 3 is 2.43 bits per heavy atom. The molecule has 5 rings (SSSR count). The number of hydrogen-bond acceptors (Lipinski definition) is 7. The number of carbonyl (C=O) groups excluding carboxylic acids is 1. The zero-order valence-corrected chi connectivity index (χ0v) is 25.2. The average molecular weight is 631 g/mol. The fraction of sp³-hybridized carbons (Fsp3) is 0.406. The van der Waals surface area contributed by atoms with Crippen molar-refractivity contribution in [2.75, 3.05) is 31.6 Å². The SMILES string of the molecule is C[C@@H]1CNC[C@](CCc2c(F)cccc2NC(=O)[C@@H](N)C2(c3ccc(F)c(F)c3)CCOCC2)(S(=O)(=O)c2ccccc2)N1. The summed E-state index contributed by atoms with van der Waals surface area (Å²) in [7, 11) is -3.92. The van der Waals surface area contributed by atoms with Gasteiger partial charge in [-0.3, -0.25) is 10.1 Å². The summed E-state index contributed by atoms with van der Waals surface area (Å²) in [6, 6.07) is 14.4. The van der Waals surface area contributed by atoms with Gasteiger partial charge in [0, 0.05) is 49.0 Å². The maximum Gasteiger partial charge on any atom is 0.242 e. The number of piperazine rings is 1. The van der Waals surface area contributed by atoms with Crippen LogP contribution in [0.1, 0.15) is 37.3 Å². The Balaban J connectivity index is 1.43. The number of halogens is 3. The van der Waals surface area contributed by atoms with E-state index in [2.05, 4.69) is 16.0 Å². The zero-order valence-electron chi connectivity index (χ0n) is 24.4. The van der Waals surface area contributed by atoms with E-state index in [1.165, 1.54) is 36.4 Å². The summed E-state index contributed by atoms with van der Waals surface area (Å²) < 4.78 is 76.8. The standard InChI is InChI=1S/C32H37F3N4O4S/c1-21-19-37-20-32(39-21,44(41,42)23-6-3-2-4-7-23)13-12-24-25(33)8-5-9-28(24)38-30(40)29(36)31(14-16-43-17-15-31)22-10-11-26(34)27(35)18-22/h2-11,18,21,29,37,39H,12-17,19-20,36H2,1H3,(H,38,40)/t21-,29-,32+/m1/s1. The summed E-state index contributed by atoms with van der Waals surface area (Å²) in [5.41, 5.74) is 6.17. The molecule has 2 aliphatic rings. The number of hydrogen-bond donors (Lipinski definition) is 4. The first kappa shape index (κ1) is 32.1. The molecule has 8 nitrogen and oxygen atoms in total. The molecule has 0 aromatic heterocycles. The van der Waals surface area contributed by atoms with E-state index in [0.29, 0.717) is 24.9 Å². The van der Waals surface area contributed by atoms with Gasteiger partial charge in [-0.25, -0.2) is 21.6 Å². The second kappa shape index (κ2) is 13.0. The van der Waals surface area contributed by atoms with Gasteiger partial charge in [0.15, 0.2) is 21.5 Å². The highest BCUT2D eigenvalue weighted by Gasteiger charge is 2.47. The average Bonchev–Trinajstić information content (AvgIpc) is 3.02. The van der Waals surface area contributed by atoms with E-state index < -0.39 is 49.5 Å². The summed E-state index contributed by atoms with van der Waals surface area (Å²) in [6.45, 7) is 3.08.